The molecule has 0 unspecified atom stereocenters. The lowest BCUT2D eigenvalue weighted by Gasteiger charge is -2.35. The summed E-state index contributed by atoms with van der Waals surface area (Å²) in [5.74, 6) is -1.83. The third kappa shape index (κ3) is 8.95. The highest BCUT2D eigenvalue weighted by molar-refractivity contribution is 7.09. The first kappa shape index (κ1) is 33.1. The summed E-state index contributed by atoms with van der Waals surface area (Å²) in [5.41, 5.74) is -0.273. The highest BCUT2D eigenvalue weighted by atomic mass is 32.1. The minimum absolute atomic E-state index is 0.000583. The number of carbonyl (C=O) groups is 3. The lowest BCUT2D eigenvalue weighted by Crippen LogP contribution is -2.46. The van der Waals surface area contributed by atoms with Gasteiger partial charge in [-0.25, -0.2) is 4.98 Å². The predicted octanol–water partition coefficient (Wildman–Crippen LogP) is 4.80. The van der Waals surface area contributed by atoms with Crippen LogP contribution >= 0.6 is 11.3 Å². The maximum absolute atomic E-state index is 13.3. The van der Waals surface area contributed by atoms with E-state index in [0.29, 0.717) is 32.4 Å². The number of aliphatic hydroxyl groups is 2. The van der Waals surface area contributed by atoms with Gasteiger partial charge in [-0.15, -0.1) is 11.3 Å². The molecule has 1 amide bonds. The fourth-order valence-corrected chi connectivity index (χ4v) is 5.58. The highest BCUT2D eigenvalue weighted by Gasteiger charge is 2.42. The van der Waals surface area contributed by atoms with Crippen LogP contribution in [0.25, 0.3) is 6.08 Å². The van der Waals surface area contributed by atoms with Crippen molar-refractivity contribution >= 4 is 35.1 Å². The zero-order chi connectivity index (χ0) is 29.7. The quantitative estimate of drug-likeness (QED) is 0.495. The summed E-state index contributed by atoms with van der Waals surface area (Å²) in [6, 6.07) is 0. The van der Waals surface area contributed by atoms with Crippen molar-refractivity contribution in [2.45, 2.75) is 106 Å². The van der Waals surface area contributed by atoms with E-state index in [9.17, 15) is 24.6 Å². The van der Waals surface area contributed by atoms with Crippen LogP contribution in [0.3, 0.4) is 0 Å². The topological polar surface area (TPSA) is 117 Å². The Balaban J connectivity index is 2.43. The Morgan fingerprint density at radius 3 is 2.38 bits per heavy atom. The van der Waals surface area contributed by atoms with Gasteiger partial charge < -0.3 is 19.8 Å². The molecule has 5 atom stereocenters. The van der Waals surface area contributed by atoms with Crippen LogP contribution in [0.2, 0.25) is 0 Å². The van der Waals surface area contributed by atoms with Crippen LogP contribution in [-0.2, 0) is 19.1 Å². The van der Waals surface area contributed by atoms with Crippen molar-refractivity contribution in [1.82, 2.24) is 9.88 Å². The number of esters is 1. The standard InChI is InChI=1S/C30H48N2O6S/c1-18-11-10-13-32(28(37)29(5,6)7)14-12-23(19(2)15-22-17-39-21(4)31-22)38-25(34)16-24(33)30(8,9)27(36)20(3)26(18)35/h15,17-18,20,23-24,26,33,35H,10-14,16H2,1-9H3/b19-15+/t18-,20+,23-,24-,26-/m0/s1. The van der Waals surface area contributed by atoms with Crippen LogP contribution in [0, 0.1) is 29.6 Å². The number of ketones is 1. The Kier molecular flexibility index (Phi) is 11.5. The largest absolute Gasteiger partial charge is 0.458 e. The molecule has 2 rings (SSSR count). The molecule has 0 spiro atoms. The molecule has 220 valence electrons. The zero-order valence-electron chi connectivity index (χ0n) is 25.1. The Hall–Kier alpha value is -2.10. The number of aromatic nitrogens is 1. The Labute approximate surface area is 237 Å². The molecule has 0 saturated carbocycles. The minimum Gasteiger partial charge on any atom is -0.458 e. The first-order chi connectivity index (χ1) is 17.9. The van der Waals surface area contributed by atoms with Crippen molar-refractivity contribution in [2.75, 3.05) is 13.1 Å². The smallest absolute Gasteiger partial charge is 0.309 e. The van der Waals surface area contributed by atoms with Crippen molar-refractivity contribution in [1.29, 1.82) is 0 Å². The fraction of sp³-hybridized carbons (Fsp3) is 0.733. The number of ether oxygens (including phenoxy) is 1. The first-order valence-corrected chi connectivity index (χ1v) is 14.8. The number of amides is 1. The summed E-state index contributed by atoms with van der Waals surface area (Å²) >= 11 is 1.53. The molecule has 39 heavy (non-hydrogen) atoms. The van der Waals surface area contributed by atoms with Gasteiger partial charge >= 0.3 is 5.97 Å². The van der Waals surface area contributed by atoms with Gasteiger partial charge in [0.1, 0.15) is 11.9 Å². The molecule has 2 N–H and O–H groups in total. The maximum atomic E-state index is 13.3. The predicted molar refractivity (Wildman–Crippen MR) is 154 cm³/mol. The lowest BCUT2D eigenvalue weighted by molar-refractivity contribution is -0.154. The number of hydrogen-bond acceptors (Lipinski definition) is 8. The van der Waals surface area contributed by atoms with Crippen molar-refractivity contribution in [3.63, 3.8) is 0 Å². The molecule has 0 aromatic carbocycles. The Bertz CT molecular complexity index is 1040. The third-order valence-electron chi connectivity index (χ3n) is 7.81. The molecule has 0 bridgehead atoms. The second-order valence-electron chi connectivity index (χ2n) is 12.7. The molecule has 1 saturated heterocycles. The van der Waals surface area contributed by atoms with Gasteiger partial charge in [-0.2, -0.15) is 0 Å². The molecular weight excluding hydrogens is 516 g/mol. The summed E-state index contributed by atoms with van der Waals surface area (Å²) in [6.45, 7) is 17.1. The fourth-order valence-electron chi connectivity index (χ4n) is 5.01. The molecular formula is C30H48N2O6S. The van der Waals surface area contributed by atoms with Gasteiger partial charge in [0.25, 0.3) is 0 Å². The van der Waals surface area contributed by atoms with E-state index in [1.54, 1.807) is 25.7 Å². The van der Waals surface area contributed by atoms with E-state index in [-0.39, 0.29) is 24.0 Å². The van der Waals surface area contributed by atoms with Crippen LogP contribution in [-0.4, -0.2) is 69.2 Å². The average Bonchev–Trinajstić information content (AvgIpc) is 3.25. The van der Waals surface area contributed by atoms with Crippen molar-refractivity contribution in [2.24, 2.45) is 22.7 Å². The Morgan fingerprint density at radius 2 is 1.82 bits per heavy atom. The molecule has 1 aromatic rings. The highest BCUT2D eigenvalue weighted by Crippen LogP contribution is 2.32. The summed E-state index contributed by atoms with van der Waals surface area (Å²) < 4.78 is 5.88. The molecule has 0 radical (unpaired) electrons. The van der Waals surface area contributed by atoms with Gasteiger partial charge in [0.2, 0.25) is 5.91 Å². The summed E-state index contributed by atoms with van der Waals surface area (Å²) in [7, 11) is 0. The number of cyclic esters (lactones) is 1. The number of aliphatic hydroxyl groups excluding tert-OH is 2. The normalized spacial score (nSPS) is 28.7. The first-order valence-electron chi connectivity index (χ1n) is 13.9. The molecule has 1 aliphatic rings. The van der Waals surface area contributed by atoms with Crippen molar-refractivity contribution in [3.8, 4) is 0 Å². The van der Waals surface area contributed by atoms with E-state index in [0.717, 1.165) is 16.3 Å². The molecule has 1 fully saturated rings. The van der Waals surface area contributed by atoms with E-state index < -0.39 is 41.0 Å². The number of carbonyl (C=O) groups excluding carboxylic acids is 3. The van der Waals surface area contributed by atoms with E-state index in [1.165, 1.54) is 11.3 Å². The number of Topliss-reactive ketones (excluding diaryl/α,β-unsaturated/α-hetero) is 1. The number of thiazole rings is 1. The Morgan fingerprint density at radius 1 is 1.18 bits per heavy atom. The summed E-state index contributed by atoms with van der Waals surface area (Å²) in [6.07, 6.45) is 0.384. The molecule has 2 heterocycles. The molecule has 1 aromatic heterocycles. The van der Waals surface area contributed by atoms with Gasteiger partial charge in [0.05, 0.1) is 34.7 Å². The second kappa shape index (κ2) is 13.5. The second-order valence-corrected chi connectivity index (χ2v) is 13.8. The number of nitrogens with zero attached hydrogens (tertiary/aromatic N) is 2. The van der Waals surface area contributed by atoms with E-state index >= 15 is 0 Å². The van der Waals surface area contributed by atoms with Crippen LogP contribution in [0.5, 0.6) is 0 Å². The van der Waals surface area contributed by atoms with E-state index in [1.807, 2.05) is 53.0 Å². The monoisotopic (exact) mass is 564 g/mol. The average molecular weight is 565 g/mol. The number of aryl methyl sites for hydroxylation is 1. The zero-order valence-corrected chi connectivity index (χ0v) is 25.9. The van der Waals surface area contributed by atoms with Crippen molar-refractivity contribution < 1.29 is 29.3 Å². The van der Waals surface area contributed by atoms with Crippen molar-refractivity contribution in [3.05, 3.63) is 21.7 Å². The van der Waals surface area contributed by atoms with Crippen LogP contribution in [0.15, 0.2) is 11.0 Å². The van der Waals surface area contributed by atoms with Gasteiger partial charge in [-0.05, 0) is 44.3 Å². The SMILES string of the molecule is C/C(=C\c1csc(C)n1)[C@@H]1CCN(C(=O)C(C)(C)C)CCC[C@H](C)[C@H](O)[C@@H](C)C(=O)C(C)(C)[C@@H](O)CC(=O)O1. The summed E-state index contributed by atoms with van der Waals surface area (Å²) in [4.78, 5) is 46.0. The van der Waals surface area contributed by atoms with Crippen LogP contribution in [0.4, 0.5) is 0 Å². The van der Waals surface area contributed by atoms with Gasteiger partial charge in [0, 0.05) is 36.2 Å². The van der Waals surface area contributed by atoms with Gasteiger partial charge in [0.15, 0.2) is 0 Å². The van der Waals surface area contributed by atoms with Gasteiger partial charge in [-0.1, -0.05) is 48.5 Å². The maximum Gasteiger partial charge on any atom is 0.309 e. The number of hydrogen-bond donors (Lipinski definition) is 2. The minimum atomic E-state index is -1.28. The van der Waals surface area contributed by atoms with E-state index in [2.05, 4.69) is 4.98 Å². The summed E-state index contributed by atoms with van der Waals surface area (Å²) in [5, 5.41) is 24.7. The van der Waals surface area contributed by atoms with Crippen LogP contribution in [0.1, 0.15) is 91.8 Å². The number of rotatable bonds is 2. The molecule has 9 heteroatoms. The van der Waals surface area contributed by atoms with Gasteiger partial charge in [-0.3, -0.25) is 14.4 Å². The van der Waals surface area contributed by atoms with E-state index in [4.69, 9.17) is 4.74 Å². The third-order valence-corrected chi connectivity index (χ3v) is 8.60. The molecule has 0 aliphatic carbocycles. The molecule has 8 nitrogen and oxygen atoms in total. The lowest BCUT2D eigenvalue weighted by atomic mass is 9.73. The molecule has 1 aliphatic heterocycles. The van der Waals surface area contributed by atoms with Crippen LogP contribution < -0.4 is 0 Å².